The Bertz CT molecular complexity index is 449. The fraction of sp³-hybridized carbons (Fsp3) is 0.588. The van der Waals surface area contributed by atoms with Crippen molar-refractivity contribution in [1.29, 1.82) is 0 Å². The average Bonchev–Trinajstić information content (AvgIpc) is 2.94. The quantitative estimate of drug-likeness (QED) is 0.863. The smallest absolute Gasteiger partial charge is 0.239 e. The van der Waals surface area contributed by atoms with E-state index in [1.165, 1.54) is 12.8 Å². The molecule has 0 saturated carbocycles. The molecule has 2 rings (SSSR count). The second kappa shape index (κ2) is 7.57. The second-order valence-electron chi connectivity index (χ2n) is 5.94. The van der Waals surface area contributed by atoms with Gasteiger partial charge in [0.1, 0.15) is 0 Å². The van der Waals surface area contributed by atoms with Gasteiger partial charge in [0, 0.05) is 19.6 Å². The number of likely N-dealkylation sites (N-methyl/N-ethyl adjacent to an activating group) is 2. The summed E-state index contributed by atoms with van der Waals surface area (Å²) >= 11 is 0. The highest BCUT2D eigenvalue weighted by Crippen LogP contribution is 2.17. The van der Waals surface area contributed by atoms with Gasteiger partial charge in [-0.05, 0) is 37.9 Å². The Balaban J connectivity index is 1.86. The SMILES string of the molecule is CCN1CCCC1CN(C)C(=O)[C@H](N)Cc1ccccc1. The van der Waals surface area contributed by atoms with Gasteiger partial charge in [-0.1, -0.05) is 37.3 Å². The molecule has 1 aliphatic rings. The number of hydrogen-bond acceptors (Lipinski definition) is 3. The third-order valence-corrected chi connectivity index (χ3v) is 4.38. The maximum Gasteiger partial charge on any atom is 0.239 e. The van der Waals surface area contributed by atoms with Crippen LogP contribution in [-0.2, 0) is 11.2 Å². The number of carbonyl (C=O) groups excluding carboxylic acids is 1. The molecular weight excluding hydrogens is 262 g/mol. The van der Waals surface area contributed by atoms with E-state index in [1.807, 2.05) is 42.3 Å². The lowest BCUT2D eigenvalue weighted by atomic mass is 10.1. The Labute approximate surface area is 127 Å². The van der Waals surface area contributed by atoms with E-state index in [4.69, 9.17) is 5.73 Å². The van der Waals surface area contributed by atoms with E-state index in [2.05, 4.69) is 11.8 Å². The second-order valence-corrected chi connectivity index (χ2v) is 5.94. The van der Waals surface area contributed by atoms with Gasteiger partial charge in [-0.25, -0.2) is 0 Å². The van der Waals surface area contributed by atoms with Crippen molar-refractivity contribution in [3.05, 3.63) is 35.9 Å². The third-order valence-electron chi connectivity index (χ3n) is 4.38. The lowest BCUT2D eigenvalue weighted by Gasteiger charge is -2.29. The van der Waals surface area contributed by atoms with E-state index in [0.717, 1.165) is 25.2 Å². The number of amides is 1. The van der Waals surface area contributed by atoms with Crippen molar-refractivity contribution in [1.82, 2.24) is 9.80 Å². The number of nitrogens with two attached hydrogens (primary N) is 1. The van der Waals surface area contributed by atoms with Gasteiger partial charge in [0.05, 0.1) is 6.04 Å². The summed E-state index contributed by atoms with van der Waals surface area (Å²) in [5, 5.41) is 0. The molecule has 4 nitrogen and oxygen atoms in total. The molecule has 21 heavy (non-hydrogen) atoms. The minimum Gasteiger partial charge on any atom is -0.343 e. The lowest BCUT2D eigenvalue weighted by molar-refractivity contribution is -0.131. The van der Waals surface area contributed by atoms with E-state index >= 15 is 0 Å². The summed E-state index contributed by atoms with van der Waals surface area (Å²) in [6.07, 6.45) is 3.02. The van der Waals surface area contributed by atoms with Crippen molar-refractivity contribution in [2.24, 2.45) is 5.73 Å². The summed E-state index contributed by atoms with van der Waals surface area (Å²) in [5.74, 6) is 0.0433. The molecule has 1 aliphatic heterocycles. The van der Waals surface area contributed by atoms with E-state index < -0.39 is 6.04 Å². The summed E-state index contributed by atoms with van der Waals surface area (Å²) in [5.41, 5.74) is 7.20. The van der Waals surface area contributed by atoms with Crippen molar-refractivity contribution < 1.29 is 4.79 Å². The van der Waals surface area contributed by atoms with Crippen LogP contribution in [0.2, 0.25) is 0 Å². The highest BCUT2D eigenvalue weighted by molar-refractivity contribution is 5.81. The number of rotatable bonds is 6. The molecule has 1 aromatic rings. The normalized spacial score (nSPS) is 20.4. The molecule has 0 aliphatic carbocycles. The fourth-order valence-electron chi connectivity index (χ4n) is 3.16. The van der Waals surface area contributed by atoms with Crippen LogP contribution in [0.1, 0.15) is 25.3 Å². The molecule has 2 N–H and O–H groups in total. The van der Waals surface area contributed by atoms with Crippen LogP contribution in [0.15, 0.2) is 30.3 Å². The minimum absolute atomic E-state index is 0.0433. The molecule has 1 heterocycles. The molecule has 4 heteroatoms. The third kappa shape index (κ3) is 4.29. The molecule has 1 fully saturated rings. The number of hydrogen-bond donors (Lipinski definition) is 1. The Hall–Kier alpha value is -1.39. The number of carbonyl (C=O) groups is 1. The summed E-state index contributed by atoms with van der Waals surface area (Å²) < 4.78 is 0. The Morgan fingerprint density at radius 2 is 2.14 bits per heavy atom. The molecule has 0 aromatic heterocycles. The number of benzene rings is 1. The maximum absolute atomic E-state index is 12.4. The van der Waals surface area contributed by atoms with Crippen LogP contribution < -0.4 is 5.73 Å². The molecule has 1 unspecified atom stereocenters. The zero-order valence-electron chi connectivity index (χ0n) is 13.2. The van der Waals surface area contributed by atoms with Crippen LogP contribution in [0.5, 0.6) is 0 Å². The summed E-state index contributed by atoms with van der Waals surface area (Å²) in [7, 11) is 1.87. The number of nitrogens with zero attached hydrogens (tertiary/aromatic N) is 2. The van der Waals surface area contributed by atoms with E-state index in [1.54, 1.807) is 0 Å². The van der Waals surface area contributed by atoms with E-state index in [0.29, 0.717) is 12.5 Å². The van der Waals surface area contributed by atoms with E-state index in [-0.39, 0.29) is 5.91 Å². The van der Waals surface area contributed by atoms with Gasteiger partial charge in [0.15, 0.2) is 0 Å². The number of likely N-dealkylation sites (tertiary alicyclic amines) is 1. The first kappa shape index (κ1) is 16.0. The van der Waals surface area contributed by atoms with Gasteiger partial charge in [-0.15, -0.1) is 0 Å². The van der Waals surface area contributed by atoms with Crippen molar-refractivity contribution in [2.75, 3.05) is 26.7 Å². The highest BCUT2D eigenvalue weighted by Gasteiger charge is 2.27. The molecule has 116 valence electrons. The minimum atomic E-state index is -0.450. The first-order valence-corrected chi connectivity index (χ1v) is 7.90. The largest absolute Gasteiger partial charge is 0.343 e. The van der Waals surface area contributed by atoms with Crippen LogP contribution in [0.3, 0.4) is 0 Å². The molecular formula is C17H27N3O. The van der Waals surface area contributed by atoms with Crippen LogP contribution in [0, 0.1) is 0 Å². The van der Waals surface area contributed by atoms with Gasteiger partial charge in [-0.2, -0.15) is 0 Å². The first-order valence-electron chi connectivity index (χ1n) is 7.90. The fourth-order valence-corrected chi connectivity index (χ4v) is 3.16. The standard InChI is InChI=1S/C17H27N3O/c1-3-20-11-7-10-15(20)13-19(2)17(21)16(18)12-14-8-5-4-6-9-14/h4-6,8-9,15-16H,3,7,10-13,18H2,1-2H3/t15?,16-/m1/s1. The summed E-state index contributed by atoms with van der Waals surface area (Å²) in [6.45, 7) is 5.18. The molecule has 0 spiro atoms. The predicted molar refractivity (Wildman–Crippen MR) is 86.0 cm³/mol. The van der Waals surface area contributed by atoms with Gasteiger partial charge in [0.25, 0.3) is 0 Å². The molecule has 0 bridgehead atoms. The Morgan fingerprint density at radius 1 is 1.43 bits per heavy atom. The van der Waals surface area contributed by atoms with Gasteiger partial charge in [0.2, 0.25) is 5.91 Å². The predicted octanol–water partition coefficient (Wildman–Crippen LogP) is 1.50. The van der Waals surface area contributed by atoms with Crippen molar-refractivity contribution in [3.8, 4) is 0 Å². The first-order chi connectivity index (χ1) is 10.1. The highest BCUT2D eigenvalue weighted by atomic mass is 16.2. The van der Waals surface area contributed by atoms with Gasteiger partial charge < -0.3 is 10.6 Å². The lowest BCUT2D eigenvalue weighted by Crippen LogP contribution is -2.47. The Morgan fingerprint density at radius 3 is 2.81 bits per heavy atom. The van der Waals surface area contributed by atoms with Gasteiger partial charge in [-0.3, -0.25) is 9.69 Å². The van der Waals surface area contributed by atoms with Crippen LogP contribution >= 0.6 is 0 Å². The monoisotopic (exact) mass is 289 g/mol. The van der Waals surface area contributed by atoms with Crippen LogP contribution in [-0.4, -0.2) is 54.5 Å². The molecule has 1 saturated heterocycles. The van der Waals surface area contributed by atoms with Crippen LogP contribution in [0.4, 0.5) is 0 Å². The average molecular weight is 289 g/mol. The molecule has 1 amide bonds. The topological polar surface area (TPSA) is 49.6 Å². The summed E-state index contributed by atoms with van der Waals surface area (Å²) in [6, 6.07) is 10.0. The van der Waals surface area contributed by atoms with Crippen molar-refractivity contribution in [3.63, 3.8) is 0 Å². The zero-order chi connectivity index (χ0) is 15.2. The Kier molecular flexibility index (Phi) is 5.76. The van der Waals surface area contributed by atoms with Crippen molar-refractivity contribution >= 4 is 5.91 Å². The molecule has 2 atom stereocenters. The van der Waals surface area contributed by atoms with Crippen LogP contribution in [0.25, 0.3) is 0 Å². The van der Waals surface area contributed by atoms with E-state index in [9.17, 15) is 4.79 Å². The zero-order valence-corrected chi connectivity index (χ0v) is 13.2. The summed E-state index contributed by atoms with van der Waals surface area (Å²) in [4.78, 5) is 16.7. The van der Waals surface area contributed by atoms with Gasteiger partial charge >= 0.3 is 0 Å². The molecule has 1 aromatic carbocycles. The molecule has 0 radical (unpaired) electrons. The van der Waals surface area contributed by atoms with Crippen molar-refractivity contribution in [2.45, 2.75) is 38.3 Å². The maximum atomic E-state index is 12.4.